The van der Waals surface area contributed by atoms with Gasteiger partial charge in [-0.25, -0.2) is 9.38 Å². The van der Waals surface area contributed by atoms with Crippen molar-refractivity contribution in [2.75, 3.05) is 19.3 Å². The molecule has 0 radical (unpaired) electrons. The zero-order valence-corrected chi connectivity index (χ0v) is 12.6. The number of rotatable bonds is 6. The lowest BCUT2D eigenvalue weighted by atomic mass is 10.1. The van der Waals surface area contributed by atoms with Crippen LogP contribution in [0.3, 0.4) is 0 Å². The molecule has 1 rings (SSSR count). The normalized spacial score (nSPS) is 10.1. The van der Waals surface area contributed by atoms with Crippen molar-refractivity contribution in [3.8, 4) is 0 Å². The minimum Gasteiger partial charge on any atom is -0.357 e. The van der Waals surface area contributed by atoms with Crippen molar-refractivity contribution in [3.63, 3.8) is 0 Å². The highest BCUT2D eigenvalue weighted by Crippen LogP contribution is 2.17. The molecule has 19 heavy (non-hydrogen) atoms. The second-order valence-corrected chi connectivity index (χ2v) is 4.94. The summed E-state index contributed by atoms with van der Waals surface area (Å²) in [6, 6.07) is 4.91. The van der Waals surface area contributed by atoms with Crippen LogP contribution < -0.4 is 10.6 Å². The number of nitrogens with one attached hydrogen (secondary N) is 2. The van der Waals surface area contributed by atoms with E-state index in [0.717, 1.165) is 35.9 Å². The van der Waals surface area contributed by atoms with Crippen LogP contribution in [0.5, 0.6) is 0 Å². The van der Waals surface area contributed by atoms with E-state index >= 15 is 0 Å². The van der Waals surface area contributed by atoms with E-state index in [9.17, 15) is 4.39 Å². The van der Waals surface area contributed by atoms with E-state index in [1.807, 2.05) is 26.2 Å². The van der Waals surface area contributed by atoms with Gasteiger partial charge in [0.25, 0.3) is 0 Å². The molecule has 0 unspecified atom stereocenters. The average molecular weight is 283 g/mol. The molecule has 0 spiro atoms. The largest absolute Gasteiger partial charge is 0.357 e. The smallest absolute Gasteiger partial charge is 0.191 e. The molecule has 106 valence electrons. The third kappa shape index (κ3) is 5.51. The number of aliphatic imine (C=N–C) groups is 1. The molecule has 1 aromatic rings. The van der Waals surface area contributed by atoms with Gasteiger partial charge < -0.3 is 10.6 Å². The van der Waals surface area contributed by atoms with Crippen LogP contribution in [0.15, 0.2) is 23.2 Å². The van der Waals surface area contributed by atoms with Crippen molar-refractivity contribution in [1.82, 2.24) is 10.6 Å². The van der Waals surface area contributed by atoms with Crippen LogP contribution >= 0.6 is 11.8 Å². The molecule has 0 aliphatic heterocycles. The lowest BCUT2D eigenvalue weighted by Gasteiger charge is -2.11. The zero-order valence-electron chi connectivity index (χ0n) is 11.8. The summed E-state index contributed by atoms with van der Waals surface area (Å²) in [5.41, 5.74) is 2.09. The Kier molecular flexibility index (Phi) is 7.33. The SMILES string of the molecule is CCNC(=NCc1ccc(F)cc1CSC)NCC. The maximum atomic E-state index is 13.2. The highest BCUT2D eigenvalue weighted by molar-refractivity contribution is 7.97. The van der Waals surface area contributed by atoms with Crippen LogP contribution in [0.25, 0.3) is 0 Å². The number of halogens is 1. The highest BCUT2D eigenvalue weighted by atomic mass is 32.2. The summed E-state index contributed by atoms with van der Waals surface area (Å²) in [5, 5.41) is 6.35. The van der Waals surface area contributed by atoms with E-state index in [2.05, 4.69) is 15.6 Å². The summed E-state index contributed by atoms with van der Waals surface area (Å²) < 4.78 is 13.2. The van der Waals surface area contributed by atoms with Crippen molar-refractivity contribution in [3.05, 3.63) is 35.1 Å². The van der Waals surface area contributed by atoms with Crippen LogP contribution in [0, 0.1) is 5.82 Å². The molecule has 3 nitrogen and oxygen atoms in total. The van der Waals surface area contributed by atoms with E-state index < -0.39 is 0 Å². The summed E-state index contributed by atoms with van der Waals surface area (Å²) in [5.74, 6) is 1.42. The van der Waals surface area contributed by atoms with E-state index in [4.69, 9.17) is 0 Å². The third-order valence-electron chi connectivity index (χ3n) is 2.56. The first-order chi connectivity index (χ1) is 9.21. The number of hydrogen-bond donors (Lipinski definition) is 2. The van der Waals surface area contributed by atoms with Crippen molar-refractivity contribution >= 4 is 17.7 Å². The highest BCUT2D eigenvalue weighted by Gasteiger charge is 2.04. The Bertz CT molecular complexity index is 413. The molecule has 0 aliphatic rings. The molecule has 1 aromatic carbocycles. The molecule has 0 saturated heterocycles. The number of thioether (sulfide) groups is 1. The minimum atomic E-state index is -0.185. The van der Waals surface area contributed by atoms with Gasteiger partial charge in [0.1, 0.15) is 5.82 Å². The van der Waals surface area contributed by atoms with Crippen molar-refractivity contribution < 1.29 is 4.39 Å². The van der Waals surface area contributed by atoms with Crippen LogP contribution in [0.2, 0.25) is 0 Å². The van der Waals surface area contributed by atoms with Crippen LogP contribution in [0.4, 0.5) is 4.39 Å². The Hall–Kier alpha value is -1.23. The first-order valence-electron chi connectivity index (χ1n) is 6.49. The van der Waals surface area contributed by atoms with Gasteiger partial charge in [0.05, 0.1) is 6.54 Å². The summed E-state index contributed by atoms with van der Waals surface area (Å²) in [7, 11) is 0. The standard InChI is InChI=1S/C14H22FN3S/c1-4-16-14(17-5-2)18-9-11-6-7-13(15)8-12(11)10-19-3/h6-8H,4-5,9-10H2,1-3H3,(H2,16,17,18). The van der Waals surface area contributed by atoms with Gasteiger partial charge in [-0.2, -0.15) is 11.8 Å². The molecule has 0 atom stereocenters. The molecule has 0 fully saturated rings. The van der Waals surface area contributed by atoms with Crippen molar-refractivity contribution in [1.29, 1.82) is 0 Å². The van der Waals surface area contributed by atoms with Gasteiger partial charge in [-0.1, -0.05) is 6.07 Å². The van der Waals surface area contributed by atoms with Crippen LogP contribution in [0.1, 0.15) is 25.0 Å². The Balaban J connectivity index is 2.82. The van der Waals surface area contributed by atoms with Gasteiger partial charge in [-0.05, 0) is 43.4 Å². The average Bonchev–Trinajstić information content (AvgIpc) is 2.38. The van der Waals surface area contributed by atoms with Gasteiger partial charge in [0, 0.05) is 18.8 Å². The van der Waals surface area contributed by atoms with E-state index in [1.165, 1.54) is 6.07 Å². The fourth-order valence-electron chi connectivity index (χ4n) is 1.71. The number of benzene rings is 1. The van der Waals surface area contributed by atoms with Gasteiger partial charge in [-0.3, -0.25) is 0 Å². The monoisotopic (exact) mass is 283 g/mol. The molecule has 0 aromatic heterocycles. The quantitative estimate of drug-likeness (QED) is 0.622. The van der Waals surface area contributed by atoms with Gasteiger partial charge in [0.15, 0.2) is 5.96 Å². The fraction of sp³-hybridized carbons (Fsp3) is 0.500. The van der Waals surface area contributed by atoms with Crippen LogP contribution in [-0.2, 0) is 12.3 Å². The predicted molar refractivity (Wildman–Crippen MR) is 82.1 cm³/mol. The predicted octanol–water partition coefficient (Wildman–Crippen LogP) is 2.76. The van der Waals surface area contributed by atoms with Gasteiger partial charge in [0.2, 0.25) is 0 Å². The molecule has 0 amide bonds. The van der Waals surface area contributed by atoms with E-state index in [0.29, 0.717) is 6.54 Å². The number of guanidine groups is 1. The molecular weight excluding hydrogens is 261 g/mol. The Morgan fingerprint density at radius 3 is 2.47 bits per heavy atom. The Morgan fingerprint density at radius 2 is 1.89 bits per heavy atom. The Morgan fingerprint density at radius 1 is 1.21 bits per heavy atom. The first-order valence-corrected chi connectivity index (χ1v) is 7.89. The molecule has 0 bridgehead atoms. The number of hydrogen-bond acceptors (Lipinski definition) is 2. The van der Waals surface area contributed by atoms with Crippen molar-refractivity contribution in [2.45, 2.75) is 26.1 Å². The molecule has 0 heterocycles. The van der Waals surface area contributed by atoms with Crippen LogP contribution in [-0.4, -0.2) is 25.3 Å². The topological polar surface area (TPSA) is 36.4 Å². The lowest BCUT2D eigenvalue weighted by Crippen LogP contribution is -2.37. The second-order valence-electron chi connectivity index (χ2n) is 4.07. The summed E-state index contributed by atoms with van der Waals surface area (Å²) in [6.45, 7) is 6.28. The van der Waals surface area contributed by atoms with E-state index in [-0.39, 0.29) is 5.82 Å². The molecular formula is C14H22FN3S. The maximum Gasteiger partial charge on any atom is 0.191 e. The summed E-state index contributed by atoms with van der Waals surface area (Å²) in [4.78, 5) is 4.51. The molecule has 5 heteroatoms. The lowest BCUT2D eigenvalue weighted by molar-refractivity contribution is 0.625. The second kappa shape index (κ2) is 8.80. The minimum absolute atomic E-state index is 0.185. The van der Waals surface area contributed by atoms with Crippen molar-refractivity contribution in [2.24, 2.45) is 4.99 Å². The maximum absolute atomic E-state index is 13.2. The zero-order chi connectivity index (χ0) is 14.1. The Labute approximate surface area is 119 Å². The first kappa shape index (κ1) is 15.8. The van der Waals surface area contributed by atoms with E-state index in [1.54, 1.807) is 17.8 Å². The number of nitrogens with zero attached hydrogens (tertiary/aromatic N) is 1. The fourth-order valence-corrected chi connectivity index (χ4v) is 2.29. The summed E-state index contributed by atoms with van der Waals surface area (Å²) >= 11 is 1.69. The summed E-state index contributed by atoms with van der Waals surface area (Å²) in [6.07, 6.45) is 2.01. The molecule has 0 saturated carbocycles. The molecule has 0 aliphatic carbocycles. The third-order valence-corrected chi connectivity index (χ3v) is 3.16. The van der Waals surface area contributed by atoms with Gasteiger partial charge in [-0.15, -0.1) is 0 Å². The molecule has 2 N–H and O–H groups in total. The van der Waals surface area contributed by atoms with Gasteiger partial charge >= 0.3 is 0 Å².